The molecule has 5 nitrogen and oxygen atoms in total. The first-order valence-electron chi connectivity index (χ1n) is 6.04. The number of amides is 1. The van der Waals surface area contributed by atoms with Gasteiger partial charge >= 0.3 is 0 Å². The minimum absolute atomic E-state index is 0.131. The van der Waals surface area contributed by atoms with Crippen LogP contribution in [0.25, 0.3) is 0 Å². The highest BCUT2D eigenvalue weighted by atomic mass is 32.1. The summed E-state index contributed by atoms with van der Waals surface area (Å²) < 4.78 is 5.07. The minimum atomic E-state index is -0.725. The van der Waals surface area contributed by atoms with Crippen LogP contribution in [-0.4, -0.2) is 24.7 Å². The summed E-state index contributed by atoms with van der Waals surface area (Å²) in [7, 11) is 1.49. The zero-order valence-corrected chi connectivity index (χ0v) is 11.8. The maximum Gasteiger partial charge on any atom is 0.253 e. The number of benzene rings is 1. The molecule has 1 atom stereocenters. The quantitative estimate of drug-likeness (QED) is 0.734. The fourth-order valence-corrected chi connectivity index (χ4v) is 2.49. The van der Waals surface area contributed by atoms with Crippen molar-refractivity contribution in [2.45, 2.75) is 6.10 Å². The minimum Gasteiger partial charge on any atom is -0.495 e. The number of nitrogens with one attached hydrogen (secondary N) is 1. The number of aliphatic hydroxyl groups excluding tert-OH is 1. The number of carbonyl (C=O) groups excluding carboxylic acids is 1. The van der Waals surface area contributed by atoms with E-state index in [2.05, 4.69) is 5.32 Å². The van der Waals surface area contributed by atoms with E-state index in [4.69, 9.17) is 10.5 Å². The number of nitrogen functional groups attached to an aromatic ring is 1. The number of nitrogens with two attached hydrogens (primary N) is 1. The normalized spacial score (nSPS) is 11.9. The van der Waals surface area contributed by atoms with Crippen molar-refractivity contribution in [1.29, 1.82) is 0 Å². The van der Waals surface area contributed by atoms with Crippen molar-refractivity contribution >= 4 is 22.9 Å². The molecule has 0 aliphatic heterocycles. The summed E-state index contributed by atoms with van der Waals surface area (Å²) in [5, 5.41) is 16.3. The Morgan fingerprint density at radius 2 is 2.30 bits per heavy atom. The van der Waals surface area contributed by atoms with E-state index < -0.39 is 6.10 Å². The molecule has 20 heavy (non-hydrogen) atoms. The molecule has 6 heteroatoms. The molecule has 0 bridgehead atoms. The fraction of sp³-hybridized carbons (Fsp3) is 0.214. The van der Waals surface area contributed by atoms with E-state index in [1.54, 1.807) is 18.2 Å². The molecule has 2 rings (SSSR count). The first kappa shape index (κ1) is 14.4. The van der Waals surface area contributed by atoms with Gasteiger partial charge in [-0.3, -0.25) is 4.79 Å². The zero-order valence-electron chi connectivity index (χ0n) is 11.0. The summed E-state index contributed by atoms with van der Waals surface area (Å²) in [6.45, 7) is 0.131. The molecule has 106 valence electrons. The molecule has 0 fully saturated rings. The third-order valence-electron chi connectivity index (χ3n) is 2.91. The van der Waals surface area contributed by atoms with Crippen molar-refractivity contribution in [2.75, 3.05) is 19.4 Å². The first-order valence-corrected chi connectivity index (χ1v) is 6.98. The van der Waals surface area contributed by atoms with Crippen LogP contribution in [0, 0.1) is 0 Å². The Hall–Kier alpha value is -2.05. The van der Waals surface area contributed by atoms with Gasteiger partial charge in [0, 0.05) is 6.54 Å². The summed E-state index contributed by atoms with van der Waals surface area (Å²) in [5.74, 6) is 0.117. The Morgan fingerprint density at radius 3 is 2.95 bits per heavy atom. The lowest BCUT2D eigenvalue weighted by molar-refractivity contribution is 0.0917. The average Bonchev–Trinajstić information content (AvgIpc) is 2.99. The van der Waals surface area contributed by atoms with E-state index in [0.29, 0.717) is 11.3 Å². The summed E-state index contributed by atoms with van der Waals surface area (Å²) in [5.41, 5.74) is 7.26. The van der Waals surface area contributed by atoms with E-state index in [9.17, 15) is 9.90 Å². The second-order valence-corrected chi connectivity index (χ2v) is 4.98. The smallest absolute Gasteiger partial charge is 0.253 e. The van der Waals surface area contributed by atoms with E-state index in [1.165, 1.54) is 18.4 Å². The number of thiophene rings is 1. The van der Waals surface area contributed by atoms with Gasteiger partial charge in [0.1, 0.15) is 5.75 Å². The average molecular weight is 292 g/mol. The van der Waals surface area contributed by atoms with Crippen molar-refractivity contribution in [3.05, 3.63) is 46.2 Å². The molecule has 4 N–H and O–H groups in total. The molecule has 1 unspecified atom stereocenters. The van der Waals surface area contributed by atoms with Crippen molar-refractivity contribution in [3.8, 4) is 5.75 Å². The summed E-state index contributed by atoms with van der Waals surface area (Å²) in [6, 6.07) is 6.82. The third kappa shape index (κ3) is 3.09. The SMILES string of the molecule is COc1cccc(C(=O)NCC(O)c2ccsc2)c1N. The topological polar surface area (TPSA) is 84.6 Å². The van der Waals surface area contributed by atoms with E-state index in [-0.39, 0.29) is 18.1 Å². The van der Waals surface area contributed by atoms with Gasteiger partial charge in [0.2, 0.25) is 0 Å². The highest BCUT2D eigenvalue weighted by molar-refractivity contribution is 7.07. The van der Waals surface area contributed by atoms with Crippen molar-refractivity contribution in [3.63, 3.8) is 0 Å². The van der Waals surface area contributed by atoms with Gasteiger partial charge in [-0.05, 0) is 34.5 Å². The van der Waals surface area contributed by atoms with Gasteiger partial charge in [0.15, 0.2) is 0 Å². The van der Waals surface area contributed by atoms with Crippen LogP contribution in [0.2, 0.25) is 0 Å². The van der Waals surface area contributed by atoms with Crippen LogP contribution in [-0.2, 0) is 0 Å². The zero-order chi connectivity index (χ0) is 14.5. The van der Waals surface area contributed by atoms with Gasteiger partial charge < -0.3 is 20.9 Å². The molecule has 1 heterocycles. The highest BCUT2D eigenvalue weighted by Gasteiger charge is 2.15. The number of ether oxygens (including phenoxy) is 1. The lowest BCUT2D eigenvalue weighted by atomic mass is 10.1. The molecule has 0 aliphatic carbocycles. The molecular weight excluding hydrogens is 276 g/mol. The number of hydrogen-bond donors (Lipinski definition) is 3. The monoisotopic (exact) mass is 292 g/mol. The third-order valence-corrected chi connectivity index (χ3v) is 3.62. The number of carbonyl (C=O) groups is 1. The van der Waals surface area contributed by atoms with Gasteiger partial charge in [-0.2, -0.15) is 11.3 Å². The predicted molar refractivity (Wildman–Crippen MR) is 79.0 cm³/mol. The molecule has 0 aliphatic rings. The van der Waals surface area contributed by atoms with E-state index >= 15 is 0 Å². The largest absolute Gasteiger partial charge is 0.495 e. The second-order valence-electron chi connectivity index (χ2n) is 4.20. The Labute approximate surface area is 121 Å². The Balaban J connectivity index is 2.02. The number of rotatable bonds is 5. The van der Waals surface area contributed by atoms with Crippen LogP contribution in [0.3, 0.4) is 0 Å². The summed E-state index contributed by atoms with van der Waals surface area (Å²) in [6.07, 6.45) is -0.725. The standard InChI is InChI=1S/C14H16N2O3S/c1-19-12-4-2-3-10(13(12)15)14(18)16-7-11(17)9-5-6-20-8-9/h2-6,8,11,17H,7,15H2,1H3,(H,16,18). The van der Waals surface area contributed by atoms with Gasteiger partial charge in [-0.1, -0.05) is 6.07 Å². The van der Waals surface area contributed by atoms with Crippen LogP contribution < -0.4 is 15.8 Å². The van der Waals surface area contributed by atoms with Crippen LogP contribution in [0.1, 0.15) is 22.0 Å². The van der Waals surface area contributed by atoms with Gasteiger partial charge in [0.25, 0.3) is 5.91 Å². The number of aliphatic hydroxyl groups is 1. The predicted octanol–water partition coefficient (Wildman–Crippen LogP) is 1.80. The second kappa shape index (κ2) is 6.40. The first-order chi connectivity index (χ1) is 9.63. The Morgan fingerprint density at radius 1 is 1.50 bits per heavy atom. The number of hydrogen-bond acceptors (Lipinski definition) is 5. The van der Waals surface area contributed by atoms with Crippen molar-refractivity contribution in [1.82, 2.24) is 5.32 Å². The van der Waals surface area contributed by atoms with E-state index in [0.717, 1.165) is 5.56 Å². The lowest BCUT2D eigenvalue weighted by Gasteiger charge is -2.13. The molecule has 1 aromatic heterocycles. The van der Waals surface area contributed by atoms with Crippen LogP contribution in [0.15, 0.2) is 35.0 Å². The molecule has 0 saturated carbocycles. The number of anilines is 1. The highest BCUT2D eigenvalue weighted by Crippen LogP contribution is 2.24. The van der Waals surface area contributed by atoms with Gasteiger partial charge in [0.05, 0.1) is 24.5 Å². The van der Waals surface area contributed by atoms with Crippen molar-refractivity contribution < 1.29 is 14.6 Å². The van der Waals surface area contributed by atoms with E-state index in [1.807, 2.05) is 16.8 Å². The summed E-state index contributed by atoms with van der Waals surface area (Å²) >= 11 is 1.50. The van der Waals surface area contributed by atoms with Gasteiger partial charge in [-0.25, -0.2) is 0 Å². The number of methoxy groups -OCH3 is 1. The molecular formula is C14H16N2O3S. The maximum atomic E-state index is 12.1. The molecule has 1 aromatic carbocycles. The van der Waals surface area contributed by atoms with Crippen molar-refractivity contribution in [2.24, 2.45) is 0 Å². The molecule has 0 spiro atoms. The lowest BCUT2D eigenvalue weighted by Crippen LogP contribution is -2.28. The maximum absolute atomic E-state index is 12.1. The van der Waals surface area contributed by atoms with Crippen LogP contribution >= 0.6 is 11.3 Å². The Bertz CT molecular complexity index is 584. The fourth-order valence-electron chi connectivity index (χ4n) is 1.79. The molecule has 2 aromatic rings. The Kier molecular flexibility index (Phi) is 4.60. The summed E-state index contributed by atoms with van der Waals surface area (Å²) in [4.78, 5) is 12.1. The molecule has 1 amide bonds. The molecule has 0 saturated heterocycles. The molecule has 0 radical (unpaired) electrons. The van der Waals surface area contributed by atoms with Crippen LogP contribution in [0.5, 0.6) is 5.75 Å². The number of para-hydroxylation sites is 1. The van der Waals surface area contributed by atoms with Gasteiger partial charge in [-0.15, -0.1) is 0 Å². The van der Waals surface area contributed by atoms with Crippen LogP contribution in [0.4, 0.5) is 5.69 Å².